The van der Waals surface area contributed by atoms with Crippen molar-refractivity contribution in [2.45, 2.75) is 39.3 Å². The maximum absolute atomic E-state index is 12.6. The predicted octanol–water partition coefficient (Wildman–Crippen LogP) is 2.54. The van der Waals surface area contributed by atoms with Gasteiger partial charge in [0, 0.05) is 24.7 Å². The first-order valence-electron chi connectivity index (χ1n) is 7.74. The molecule has 1 amide bonds. The molecule has 2 unspecified atom stereocenters. The lowest BCUT2D eigenvalue weighted by atomic mass is 9.93. The number of carbonyl (C=O) groups excluding carboxylic acids is 1. The third kappa shape index (κ3) is 3.97. The smallest absolute Gasteiger partial charge is 0.253 e. The van der Waals surface area contributed by atoms with Gasteiger partial charge in [-0.2, -0.15) is 0 Å². The number of hydrogen-bond donors (Lipinski definition) is 1. The van der Waals surface area contributed by atoms with Crippen molar-refractivity contribution in [3.05, 3.63) is 29.8 Å². The molecule has 1 N–H and O–H groups in total. The summed E-state index contributed by atoms with van der Waals surface area (Å²) in [4.78, 5) is 14.6. The Bertz CT molecular complexity index is 487. The Morgan fingerprint density at radius 1 is 1.43 bits per heavy atom. The molecule has 1 aliphatic rings. The number of piperidine rings is 1. The summed E-state index contributed by atoms with van der Waals surface area (Å²) in [7, 11) is 1.99. The number of ether oxygens (including phenoxy) is 1. The quantitative estimate of drug-likeness (QED) is 0.926. The Balaban J connectivity index is 2.06. The molecule has 1 aliphatic heterocycles. The lowest BCUT2D eigenvalue weighted by Gasteiger charge is -2.36. The molecular weight excluding hydrogens is 264 g/mol. The average molecular weight is 290 g/mol. The molecule has 1 fully saturated rings. The van der Waals surface area contributed by atoms with Gasteiger partial charge in [-0.3, -0.25) is 4.79 Å². The van der Waals surface area contributed by atoms with Gasteiger partial charge >= 0.3 is 0 Å². The van der Waals surface area contributed by atoms with Gasteiger partial charge < -0.3 is 15.0 Å². The zero-order valence-electron chi connectivity index (χ0n) is 13.4. The van der Waals surface area contributed by atoms with Crippen LogP contribution in [0.5, 0.6) is 5.75 Å². The van der Waals surface area contributed by atoms with Crippen LogP contribution >= 0.6 is 0 Å². The molecule has 1 heterocycles. The van der Waals surface area contributed by atoms with E-state index in [1.165, 1.54) is 0 Å². The molecule has 4 nitrogen and oxygen atoms in total. The normalized spacial score (nSPS) is 22.4. The molecule has 0 spiro atoms. The fourth-order valence-corrected chi connectivity index (χ4v) is 2.92. The number of rotatable bonds is 4. The topological polar surface area (TPSA) is 41.6 Å². The molecule has 116 valence electrons. The molecule has 1 saturated heterocycles. The average Bonchev–Trinajstić information content (AvgIpc) is 2.46. The number of benzene rings is 1. The largest absolute Gasteiger partial charge is 0.491 e. The molecule has 1 aromatic carbocycles. The summed E-state index contributed by atoms with van der Waals surface area (Å²) < 4.78 is 5.67. The highest BCUT2D eigenvalue weighted by molar-refractivity contribution is 5.94. The van der Waals surface area contributed by atoms with Gasteiger partial charge in [-0.25, -0.2) is 0 Å². The van der Waals surface area contributed by atoms with Crippen LogP contribution in [0.4, 0.5) is 0 Å². The van der Waals surface area contributed by atoms with Gasteiger partial charge in [0.1, 0.15) is 5.75 Å². The maximum Gasteiger partial charge on any atom is 0.253 e. The van der Waals surface area contributed by atoms with Crippen LogP contribution in [0.3, 0.4) is 0 Å². The van der Waals surface area contributed by atoms with Crippen LogP contribution in [0.2, 0.25) is 0 Å². The van der Waals surface area contributed by atoms with Crippen LogP contribution in [-0.4, -0.2) is 43.1 Å². The minimum Gasteiger partial charge on any atom is -0.491 e. The summed E-state index contributed by atoms with van der Waals surface area (Å²) in [6, 6.07) is 7.99. The Hall–Kier alpha value is -1.55. The standard InChI is InChI=1S/C17H26N2O2/c1-12(2)21-15-7-5-6-14(10-15)17(20)19-9-8-16(18-4)13(3)11-19/h5-7,10,12-13,16,18H,8-9,11H2,1-4H3. The van der Waals surface area contributed by atoms with Crippen molar-refractivity contribution in [3.8, 4) is 5.75 Å². The number of carbonyl (C=O) groups is 1. The molecule has 21 heavy (non-hydrogen) atoms. The molecule has 0 radical (unpaired) electrons. The van der Waals surface area contributed by atoms with Gasteiger partial charge in [-0.05, 0) is 51.4 Å². The Morgan fingerprint density at radius 2 is 2.19 bits per heavy atom. The van der Waals surface area contributed by atoms with Gasteiger partial charge in [0.15, 0.2) is 0 Å². The lowest BCUT2D eigenvalue weighted by Crippen LogP contribution is -2.49. The number of nitrogens with zero attached hydrogens (tertiary/aromatic N) is 1. The second kappa shape index (κ2) is 6.94. The first-order valence-corrected chi connectivity index (χ1v) is 7.74. The molecule has 0 aromatic heterocycles. The fraction of sp³-hybridized carbons (Fsp3) is 0.588. The summed E-state index contributed by atoms with van der Waals surface area (Å²) in [5.74, 6) is 1.34. The zero-order chi connectivity index (χ0) is 15.4. The molecule has 0 aliphatic carbocycles. The highest BCUT2D eigenvalue weighted by Gasteiger charge is 2.28. The van der Waals surface area contributed by atoms with Crippen LogP contribution in [0.25, 0.3) is 0 Å². The van der Waals surface area contributed by atoms with Gasteiger partial charge in [0.2, 0.25) is 0 Å². The van der Waals surface area contributed by atoms with E-state index in [0.29, 0.717) is 17.5 Å². The van der Waals surface area contributed by atoms with E-state index in [0.717, 1.165) is 25.3 Å². The summed E-state index contributed by atoms with van der Waals surface area (Å²) in [6.45, 7) is 7.78. The number of nitrogens with one attached hydrogen (secondary N) is 1. The van der Waals surface area contributed by atoms with Crippen molar-refractivity contribution in [1.29, 1.82) is 0 Å². The second-order valence-electron chi connectivity index (χ2n) is 6.11. The van der Waals surface area contributed by atoms with Crippen molar-refractivity contribution in [2.75, 3.05) is 20.1 Å². The van der Waals surface area contributed by atoms with Crippen LogP contribution in [0.15, 0.2) is 24.3 Å². The van der Waals surface area contributed by atoms with E-state index < -0.39 is 0 Å². The highest BCUT2D eigenvalue weighted by atomic mass is 16.5. The minimum atomic E-state index is 0.102. The van der Waals surface area contributed by atoms with E-state index in [1.54, 1.807) is 0 Å². The summed E-state index contributed by atoms with van der Waals surface area (Å²) in [5.41, 5.74) is 0.711. The van der Waals surface area contributed by atoms with Crippen molar-refractivity contribution in [2.24, 2.45) is 5.92 Å². The molecule has 0 saturated carbocycles. The molecule has 0 bridgehead atoms. The van der Waals surface area contributed by atoms with Gasteiger partial charge in [-0.1, -0.05) is 13.0 Å². The summed E-state index contributed by atoms with van der Waals surface area (Å²) in [5, 5.41) is 3.33. The molecular formula is C17H26N2O2. The van der Waals surface area contributed by atoms with Crippen molar-refractivity contribution >= 4 is 5.91 Å². The van der Waals surface area contributed by atoms with Crippen molar-refractivity contribution < 1.29 is 9.53 Å². The number of likely N-dealkylation sites (tertiary alicyclic amines) is 1. The molecule has 2 rings (SSSR count). The maximum atomic E-state index is 12.6. The van der Waals surface area contributed by atoms with E-state index in [-0.39, 0.29) is 12.0 Å². The van der Waals surface area contributed by atoms with E-state index in [1.807, 2.05) is 50.1 Å². The molecule has 1 aromatic rings. The van der Waals surface area contributed by atoms with Gasteiger partial charge in [-0.15, -0.1) is 0 Å². The predicted molar refractivity (Wildman–Crippen MR) is 84.7 cm³/mol. The minimum absolute atomic E-state index is 0.102. The van der Waals surface area contributed by atoms with Crippen molar-refractivity contribution in [3.63, 3.8) is 0 Å². The molecule has 4 heteroatoms. The number of amides is 1. The molecule has 2 atom stereocenters. The van der Waals surface area contributed by atoms with Crippen LogP contribution in [0.1, 0.15) is 37.6 Å². The summed E-state index contributed by atoms with van der Waals surface area (Å²) >= 11 is 0. The van der Waals surface area contributed by atoms with E-state index in [9.17, 15) is 4.79 Å². The van der Waals surface area contributed by atoms with Crippen LogP contribution in [-0.2, 0) is 0 Å². The highest BCUT2D eigenvalue weighted by Crippen LogP contribution is 2.21. The van der Waals surface area contributed by atoms with Crippen LogP contribution in [0, 0.1) is 5.92 Å². The SMILES string of the molecule is CNC1CCN(C(=O)c2cccc(OC(C)C)c2)CC1C. The zero-order valence-corrected chi connectivity index (χ0v) is 13.4. The Kier molecular flexibility index (Phi) is 5.23. The van der Waals surface area contributed by atoms with Gasteiger partial charge in [0.05, 0.1) is 6.10 Å². The first kappa shape index (κ1) is 15.8. The van der Waals surface area contributed by atoms with Gasteiger partial charge in [0.25, 0.3) is 5.91 Å². The third-order valence-electron chi connectivity index (χ3n) is 4.02. The van der Waals surface area contributed by atoms with E-state index in [4.69, 9.17) is 4.74 Å². The van der Waals surface area contributed by atoms with E-state index in [2.05, 4.69) is 12.2 Å². The monoisotopic (exact) mass is 290 g/mol. The summed E-state index contributed by atoms with van der Waals surface area (Å²) in [6.07, 6.45) is 1.12. The Morgan fingerprint density at radius 3 is 2.81 bits per heavy atom. The second-order valence-corrected chi connectivity index (χ2v) is 6.11. The van der Waals surface area contributed by atoms with E-state index >= 15 is 0 Å². The van der Waals surface area contributed by atoms with Crippen LogP contribution < -0.4 is 10.1 Å². The Labute approximate surface area is 127 Å². The first-order chi connectivity index (χ1) is 10.0. The third-order valence-corrected chi connectivity index (χ3v) is 4.02. The fourth-order valence-electron chi connectivity index (χ4n) is 2.92. The number of hydrogen-bond acceptors (Lipinski definition) is 3. The van der Waals surface area contributed by atoms with Crippen molar-refractivity contribution in [1.82, 2.24) is 10.2 Å². The lowest BCUT2D eigenvalue weighted by molar-refractivity contribution is 0.0648.